The standard InChI is InChI=1S/C16H21N3OS/c1-16(2,3)10-6-8-19(9-10)15(20)14-12(17)13-11(21-14)5-4-7-18-13/h4-5,7,10H,6,8-9,17H2,1-3H3. The van der Waals surface area contributed by atoms with Gasteiger partial charge in [0, 0.05) is 19.3 Å². The Bertz CT molecular complexity index is 686. The van der Waals surface area contributed by atoms with E-state index in [-0.39, 0.29) is 11.3 Å². The first-order chi connectivity index (χ1) is 9.88. The van der Waals surface area contributed by atoms with Crippen molar-refractivity contribution in [2.75, 3.05) is 18.8 Å². The van der Waals surface area contributed by atoms with Crippen LogP contribution in [0.15, 0.2) is 18.3 Å². The number of likely N-dealkylation sites (tertiary alicyclic amines) is 1. The lowest BCUT2D eigenvalue weighted by Crippen LogP contribution is -2.31. The second kappa shape index (κ2) is 4.98. The van der Waals surface area contributed by atoms with E-state index in [0.29, 0.717) is 16.5 Å². The van der Waals surface area contributed by atoms with Gasteiger partial charge in [0.2, 0.25) is 0 Å². The quantitative estimate of drug-likeness (QED) is 0.878. The van der Waals surface area contributed by atoms with Crippen molar-refractivity contribution in [2.24, 2.45) is 11.3 Å². The number of nitrogens with two attached hydrogens (primary N) is 1. The van der Waals surface area contributed by atoms with Crippen LogP contribution in [-0.2, 0) is 0 Å². The monoisotopic (exact) mass is 303 g/mol. The Morgan fingerprint density at radius 3 is 2.86 bits per heavy atom. The molecule has 0 aliphatic carbocycles. The summed E-state index contributed by atoms with van der Waals surface area (Å²) in [6.45, 7) is 8.36. The van der Waals surface area contributed by atoms with Crippen molar-refractivity contribution >= 4 is 33.1 Å². The summed E-state index contributed by atoms with van der Waals surface area (Å²) in [5, 5.41) is 0. The Morgan fingerprint density at radius 1 is 1.48 bits per heavy atom. The summed E-state index contributed by atoms with van der Waals surface area (Å²) in [6, 6.07) is 3.83. The van der Waals surface area contributed by atoms with Gasteiger partial charge in [-0.05, 0) is 29.9 Å². The van der Waals surface area contributed by atoms with E-state index in [4.69, 9.17) is 5.73 Å². The van der Waals surface area contributed by atoms with E-state index in [1.165, 1.54) is 11.3 Å². The fraction of sp³-hybridized carbons (Fsp3) is 0.500. The maximum atomic E-state index is 12.7. The van der Waals surface area contributed by atoms with E-state index in [0.717, 1.165) is 29.7 Å². The number of hydrogen-bond donors (Lipinski definition) is 1. The van der Waals surface area contributed by atoms with Crippen LogP contribution >= 0.6 is 11.3 Å². The Labute approximate surface area is 129 Å². The second-order valence-corrected chi connectivity index (χ2v) is 7.85. The Kier molecular flexibility index (Phi) is 3.40. The van der Waals surface area contributed by atoms with Crippen LogP contribution in [0.2, 0.25) is 0 Å². The maximum Gasteiger partial charge on any atom is 0.266 e. The van der Waals surface area contributed by atoms with Crippen molar-refractivity contribution in [3.05, 3.63) is 23.2 Å². The number of carbonyl (C=O) groups is 1. The van der Waals surface area contributed by atoms with Crippen LogP contribution in [0, 0.1) is 11.3 Å². The van der Waals surface area contributed by atoms with Gasteiger partial charge in [0.25, 0.3) is 5.91 Å². The molecule has 1 unspecified atom stereocenters. The summed E-state index contributed by atoms with van der Waals surface area (Å²) in [6.07, 6.45) is 2.78. The van der Waals surface area contributed by atoms with Gasteiger partial charge in [-0.2, -0.15) is 0 Å². The van der Waals surface area contributed by atoms with E-state index in [1.54, 1.807) is 6.20 Å². The van der Waals surface area contributed by atoms with E-state index < -0.39 is 0 Å². The minimum atomic E-state index is 0.0576. The van der Waals surface area contributed by atoms with Crippen LogP contribution in [0.5, 0.6) is 0 Å². The third-order valence-electron chi connectivity index (χ3n) is 4.38. The number of hydrogen-bond acceptors (Lipinski definition) is 4. The third-order valence-corrected chi connectivity index (χ3v) is 5.52. The molecule has 0 aromatic carbocycles. The van der Waals surface area contributed by atoms with E-state index in [9.17, 15) is 4.79 Å². The minimum Gasteiger partial charge on any atom is -0.396 e. The summed E-state index contributed by atoms with van der Waals surface area (Å²) < 4.78 is 0.977. The molecule has 1 saturated heterocycles. The molecule has 0 spiro atoms. The molecule has 2 aromatic heterocycles. The highest BCUT2D eigenvalue weighted by Crippen LogP contribution is 2.37. The predicted molar refractivity (Wildman–Crippen MR) is 87.5 cm³/mol. The maximum absolute atomic E-state index is 12.7. The largest absolute Gasteiger partial charge is 0.396 e. The van der Waals surface area contributed by atoms with Crippen LogP contribution in [0.25, 0.3) is 10.2 Å². The number of rotatable bonds is 1. The van der Waals surface area contributed by atoms with E-state index in [2.05, 4.69) is 25.8 Å². The van der Waals surface area contributed by atoms with Crippen molar-refractivity contribution in [1.29, 1.82) is 0 Å². The number of anilines is 1. The van der Waals surface area contributed by atoms with Gasteiger partial charge in [0.1, 0.15) is 10.4 Å². The first-order valence-electron chi connectivity index (χ1n) is 7.30. The van der Waals surface area contributed by atoms with Crippen molar-refractivity contribution in [3.63, 3.8) is 0 Å². The van der Waals surface area contributed by atoms with Crippen molar-refractivity contribution in [2.45, 2.75) is 27.2 Å². The Morgan fingerprint density at radius 2 is 2.24 bits per heavy atom. The van der Waals surface area contributed by atoms with Gasteiger partial charge in [-0.3, -0.25) is 9.78 Å². The molecule has 0 saturated carbocycles. The number of carbonyl (C=O) groups excluding carboxylic acids is 1. The second-order valence-electron chi connectivity index (χ2n) is 6.80. The lowest BCUT2D eigenvalue weighted by Gasteiger charge is -2.26. The molecular formula is C16H21N3OS. The molecule has 1 fully saturated rings. The summed E-state index contributed by atoms with van der Waals surface area (Å²) in [5.41, 5.74) is 7.64. The molecule has 0 bridgehead atoms. The number of fused-ring (bicyclic) bond motifs is 1. The molecule has 1 amide bonds. The molecule has 3 heterocycles. The smallest absolute Gasteiger partial charge is 0.266 e. The average molecular weight is 303 g/mol. The summed E-state index contributed by atoms with van der Waals surface area (Å²) in [4.78, 5) is 19.6. The molecule has 3 rings (SSSR count). The van der Waals surface area contributed by atoms with Crippen LogP contribution in [0.3, 0.4) is 0 Å². The van der Waals surface area contributed by atoms with Crippen LogP contribution in [0.1, 0.15) is 36.9 Å². The molecule has 21 heavy (non-hydrogen) atoms. The van der Waals surface area contributed by atoms with Crippen LogP contribution < -0.4 is 5.73 Å². The Hall–Kier alpha value is -1.62. The van der Waals surface area contributed by atoms with Crippen LogP contribution in [-0.4, -0.2) is 28.9 Å². The zero-order valence-corrected chi connectivity index (χ0v) is 13.5. The van der Waals surface area contributed by atoms with E-state index >= 15 is 0 Å². The van der Waals surface area contributed by atoms with Gasteiger partial charge in [-0.25, -0.2) is 0 Å². The third kappa shape index (κ3) is 2.50. The Balaban J connectivity index is 1.87. The topological polar surface area (TPSA) is 59.2 Å². The predicted octanol–water partition coefficient (Wildman–Crippen LogP) is 3.39. The van der Waals surface area contributed by atoms with Crippen LogP contribution in [0.4, 0.5) is 5.69 Å². The molecule has 2 N–H and O–H groups in total. The molecular weight excluding hydrogens is 282 g/mol. The number of thiophene rings is 1. The molecule has 112 valence electrons. The SMILES string of the molecule is CC(C)(C)C1CCN(C(=O)c2sc3cccnc3c2N)C1. The van der Waals surface area contributed by atoms with Gasteiger partial charge in [-0.1, -0.05) is 20.8 Å². The zero-order valence-electron chi connectivity index (χ0n) is 12.7. The molecule has 5 heteroatoms. The molecule has 0 radical (unpaired) electrons. The summed E-state index contributed by atoms with van der Waals surface area (Å²) >= 11 is 1.45. The summed E-state index contributed by atoms with van der Waals surface area (Å²) in [7, 11) is 0. The van der Waals surface area contributed by atoms with Crippen molar-refractivity contribution in [3.8, 4) is 0 Å². The number of aromatic nitrogens is 1. The summed E-state index contributed by atoms with van der Waals surface area (Å²) in [5.74, 6) is 0.609. The number of nitrogens with zero attached hydrogens (tertiary/aromatic N) is 2. The number of amides is 1. The lowest BCUT2D eigenvalue weighted by molar-refractivity contribution is 0.0782. The highest BCUT2D eigenvalue weighted by molar-refractivity contribution is 7.21. The van der Waals surface area contributed by atoms with Crippen molar-refractivity contribution < 1.29 is 4.79 Å². The first kappa shape index (κ1) is 14.3. The highest BCUT2D eigenvalue weighted by atomic mass is 32.1. The first-order valence-corrected chi connectivity index (χ1v) is 8.12. The zero-order chi connectivity index (χ0) is 15.2. The lowest BCUT2D eigenvalue weighted by atomic mass is 9.80. The molecule has 2 aromatic rings. The minimum absolute atomic E-state index is 0.0576. The van der Waals surface area contributed by atoms with Gasteiger partial charge >= 0.3 is 0 Å². The van der Waals surface area contributed by atoms with Gasteiger partial charge in [0.05, 0.1) is 10.4 Å². The fourth-order valence-electron chi connectivity index (χ4n) is 2.90. The van der Waals surface area contributed by atoms with Gasteiger partial charge in [-0.15, -0.1) is 11.3 Å². The number of nitrogen functional groups attached to an aromatic ring is 1. The molecule has 1 aliphatic rings. The fourth-order valence-corrected chi connectivity index (χ4v) is 3.95. The van der Waals surface area contributed by atoms with Gasteiger partial charge < -0.3 is 10.6 Å². The highest BCUT2D eigenvalue weighted by Gasteiger charge is 2.35. The average Bonchev–Trinajstić information content (AvgIpc) is 3.04. The molecule has 1 atom stereocenters. The van der Waals surface area contributed by atoms with E-state index in [1.807, 2.05) is 17.0 Å². The molecule has 1 aliphatic heterocycles. The number of pyridine rings is 1. The van der Waals surface area contributed by atoms with Gasteiger partial charge in [0.15, 0.2) is 0 Å². The molecule has 4 nitrogen and oxygen atoms in total. The van der Waals surface area contributed by atoms with Crippen molar-refractivity contribution in [1.82, 2.24) is 9.88 Å². The normalized spacial score (nSPS) is 19.4.